The Kier molecular flexibility index (Phi) is 6.16. The molecule has 1 saturated heterocycles. The molecule has 42 heavy (non-hydrogen) atoms. The van der Waals surface area contributed by atoms with Gasteiger partial charge < -0.3 is 15.0 Å². The number of amides is 4. The van der Waals surface area contributed by atoms with Gasteiger partial charge in [-0.05, 0) is 72.4 Å². The van der Waals surface area contributed by atoms with E-state index in [1.807, 2.05) is 67.6 Å². The molecule has 8 heteroatoms. The standard InChI is InChI=1S/C34H28N4O4/c1-21-4-7-25-17-24(11-15-30(25)35-21)23-8-12-27(13-9-23)34(32(40)36-33(41)37-34)20-38-19-26-10-14-28(18-29(26)31(38)39)42-16-2-3-22-5-6-22/h4,7-15,17-18,22H,5-6,16,19-20H2,1H3,(H2,36,37,40,41). The monoisotopic (exact) mass is 556 g/mol. The molecule has 7 rings (SSSR count). The minimum atomic E-state index is -1.42. The molecule has 0 bridgehead atoms. The molecule has 3 heterocycles. The molecule has 2 aliphatic heterocycles. The highest BCUT2D eigenvalue weighted by atomic mass is 16.5. The third-order valence-corrected chi connectivity index (χ3v) is 8.06. The van der Waals surface area contributed by atoms with Gasteiger partial charge in [0.25, 0.3) is 11.8 Å². The molecule has 0 spiro atoms. The zero-order valence-corrected chi connectivity index (χ0v) is 23.1. The number of imide groups is 1. The maximum absolute atomic E-state index is 13.5. The lowest BCUT2D eigenvalue weighted by Gasteiger charge is -2.31. The maximum Gasteiger partial charge on any atom is 0.322 e. The number of nitrogens with one attached hydrogen (secondary N) is 2. The van der Waals surface area contributed by atoms with E-state index in [4.69, 9.17) is 4.74 Å². The molecule has 1 saturated carbocycles. The molecule has 8 nitrogen and oxygen atoms in total. The number of ether oxygens (including phenoxy) is 1. The Hall–Kier alpha value is -5.16. The number of nitrogens with zero attached hydrogens (tertiary/aromatic N) is 2. The Morgan fingerprint density at radius 1 is 0.976 bits per heavy atom. The lowest BCUT2D eigenvalue weighted by molar-refractivity contribution is -0.124. The summed E-state index contributed by atoms with van der Waals surface area (Å²) in [5.74, 6) is 6.56. The van der Waals surface area contributed by atoms with Crippen molar-refractivity contribution < 1.29 is 19.1 Å². The van der Waals surface area contributed by atoms with E-state index in [9.17, 15) is 14.4 Å². The minimum absolute atomic E-state index is 0.0124. The SMILES string of the molecule is Cc1ccc2cc(-c3ccc(C4(CN5Cc6ccc(OCC#CC7CC7)cc6C5=O)NC(=O)NC4=O)cc3)ccc2n1. The Balaban J connectivity index is 1.13. The van der Waals surface area contributed by atoms with Crippen LogP contribution in [-0.2, 0) is 16.9 Å². The fourth-order valence-corrected chi connectivity index (χ4v) is 5.63. The highest BCUT2D eigenvalue weighted by Gasteiger charge is 2.50. The van der Waals surface area contributed by atoms with Gasteiger partial charge >= 0.3 is 6.03 Å². The van der Waals surface area contributed by atoms with Crippen LogP contribution in [0.5, 0.6) is 5.75 Å². The van der Waals surface area contributed by atoms with Gasteiger partial charge in [-0.2, -0.15) is 0 Å². The molecule has 208 valence electrons. The highest BCUT2D eigenvalue weighted by molar-refractivity contribution is 6.08. The molecule has 1 unspecified atom stereocenters. The summed E-state index contributed by atoms with van der Waals surface area (Å²) < 4.78 is 5.75. The van der Waals surface area contributed by atoms with Crippen molar-refractivity contribution in [3.8, 4) is 28.7 Å². The average molecular weight is 557 g/mol. The van der Waals surface area contributed by atoms with Gasteiger partial charge in [0.2, 0.25) is 0 Å². The number of hydrogen-bond acceptors (Lipinski definition) is 5. The number of hydrogen-bond donors (Lipinski definition) is 2. The van der Waals surface area contributed by atoms with Crippen molar-refractivity contribution >= 4 is 28.7 Å². The third kappa shape index (κ3) is 4.73. The van der Waals surface area contributed by atoms with Crippen molar-refractivity contribution in [2.45, 2.75) is 31.8 Å². The number of carbonyl (C=O) groups is 3. The fraction of sp³-hybridized carbons (Fsp3) is 0.235. The van der Waals surface area contributed by atoms with E-state index < -0.39 is 17.5 Å². The van der Waals surface area contributed by atoms with E-state index in [1.54, 1.807) is 11.0 Å². The molecule has 1 atom stereocenters. The van der Waals surface area contributed by atoms with Crippen molar-refractivity contribution in [1.82, 2.24) is 20.5 Å². The number of carbonyl (C=O) groups excluding carboxylic acids is 3. The summed E-state index contributed by atoms with van der Waals surface area (Å²) >= 11 is 0. The lowest BCUT2D eigenvalue weighted by atomic mass is 9.88. The molecule has 2 fully saturated rings. The predicted molar refractivity (Wildman–Crippen MR) is 157 cm³/mol. The van der Waals surface area contributed by atoms with E-state index in [0.29, 0.717) is 29.3 Å². The van der Waals surface area contributed by atoms with Crippen molar-refractivity contribution in [3.63, 3.8) is 0 Å². The normalized spacial score (nSPS) is 19.3. The summed E-state index contributed by atoms with van der Waals surface area (Å²) in [6, 6.07) is 22.5. The highest BCUT2D eigenvalue weighted by Crippen LogP contribution is 2.34. The number of fused-ring (bicyclic) bond motifs is 2. The van der Waals surface area contributed by atoms with Crippen LogP contribution in [0.1, 0.15) is 40.0 Å². The van der Waals surface area contributed by atoms with E-state index in [0.717, 1.165) is 46.1 Å². The van der Waals surface area contributed by atoms with Gasteiger partial charge in [-0.15, -0.1) is 0 Å². The Bertz CT molecular complexity index is 1830. The first-order chi connectivity index (χ1) is 20.4. The van der Waals surface area contributed by atoms with Crippen LogP contribution in [0.2, 0.25) is 0 Å². The quantitative estimate of drug-likeness (QED) is 0.265. The van der Waals surface area contributed by atoms with E-state index >= 15 is 0 Å². The zero-order valence-electron chi connectivity index (χ0n) is 23.1. The number of aryl methyl sites for hydroxylation is 1. The molecular formula is C34H28N4O4. The second-order valence-corrected chi connectivity index (χ2v) is 11.1. The first-order valence-corrected chi connectivity index (χ1v) is 14.0. The second kappa shape index (κ2) is 10.0. The van der Waals surface area contributed by atoms with E-state index in [1.165, 1.54) is 0 Å². The van der Waals surface area contributed by atoms with Gasteiger partial charge in [0.05, 0.1) is 12.1 Å². The van der Waals surface area contributed by atoms with Crippen molar-refractivity contribution in [1.29, 1.82) is 0 Å². The van der Waals surface area contributed by atoms with E-state index in [-0.39, 0.29) is 19.1 Å². The Morgan fingerprint density at radius 3 is 2.55 bits per heavy atom. The number of benzene rings is 3. The van der Waals surface area contributed by atoms with Crippen LogP contribution in [0, 0.1) is 24.7 Å². The van der Waals surface area contributed by atoms with Crippen LogP contribution in [0.15, 0.2) is 72.8 Å². The van der Waals surface area contributed by atoms with Gasteiger partial charge in [0, 0.05) is 29.1 Å². The molecule has 1 aromatic heterocycles. The smallest absolute Gasteiger partial charge is 0.322 e. The molecule has 3 aliphatic rings. The molecule has 4 amide bonds. The Labute approximate surface area is 243 Å². The van der Waals surface area contributed by atoms with Crippen LogP contribution in [0.25, 0.3) is 22.0 Å². The second-order valence-electron chi connectivity index (χ2n) is 11.1. The largest absolute Gasteiger partial charge is 0.481 e. The first-order valence-electron chi connectivity index (χ1n) is 14.0. The number of pyridine rings is 1. The van der Waals surface area contributed by atoms with E-state index in [2.05, 4.69) is 33.5 Å². The van der Waals surface area contributed by atoms with Gasteiger partial charge in [0.15, 0.2) is 5.54 Å². The fourth-order valence-electron chi connectivity index (χ4n) is 5.63. The summed E-state index contributed by atoms with van der Waals surface area (Å²) in [7, 11) is 0. The molecule has 1 aliphatic carbocycles. The molecular weight excluding hydrogens is 528 g/mol. The van der Waals surface area contributed by atoms with Crippen molar-refractivity contribution in [3.05, 3.63) is 95.2 Å². The summed E-state index contributed by atoms with van der Waals surface area (Å²) in [6.07, 6.45) is 2.31. The summed E-state index contributed by atoms with van der Waals surface area (Å²) in [4.78, 5) is 45.3. The molecule has 2 N–H and O–H groups in total. The van der Waals surface area contributed by atoms with Gasteiger partial charge in [-0.25, -0.2) is 4.79 Å². The zero-order chi connectivity index (χ0) is 28.8. The summed E-state index contributed by atoms with van der Waals surface area (Å²) in [5, 5.41) is 6.22. The van der Waals surface area contributed by atoms with Crippen LogP contribution in [0.4, 0.5) is 4.79 Å². The predicted octanol–water partition coefficient (Wildman–Crippen LogP) is 4.69. The maximum atomic E-state index is 13.5. The summed E-state index contributed by atoms with van der Waals surface area (Å²) in [6.45, 7) is 2.55. The topological polar surface area (TPSA) is 101 Å². The summed E-state index contributed by atoms with van der Waals surface area (Å²) in [5.41, 5.74) is 4.40. The van der Waals surface area contributed by atoms with Crippen LogP contribution in [-0.4, -0.2) is 40.9 Å². The number of urea groups is 1. The Morgan fingerprint density at radius 2 is 1.79 bits per heavy atom. The van der Waals surface area contributed by atoms with Crippen LogP contribution >= 0.6 is 0 Å². The molecule has 0 radical (unpaired) electrons. The minimum Gasteiger partial charge on any atom is -0.481 e. The van der Waals surface area contributed by atoms with Crippen molar-refractivity contribution in [2.24, 2.45) is 5.92 Å². The lowest BCUT2D eigenvalue weighted by Crippen LogP contribution is -2.52. The van der Waals surface area contributed by atoms with Crippen LogP contribution < -0.4 is 15.4 Å². The first kappa shape index (κ1) is 25.8. The molecule has 4 aromatic rings. The van der Waals surface area contributed by atoms with Gasteiger partial charge in [0.1, 0.15) is 12.4 Å². The molecule has 3 aromatic carbocycles. The third-order valence-electron chi connectivity index (χ3n) is 8.06. The number of aromatic nitrogens is 1. The average Bonchev–Trinajstić information content (AvgIpc) is 3.71. The number of rotatable bonds is 6. The van der Waals surface area contributed by atoms with Crippen molar-refractivity contribution in [2.75, 3.05) is 13.2 Å². The van der Waals surface area contributed by atoms with Crippen LogP contribution in [0.3, 0.4) is 0 Å². The van der Waals surface area contributed by atoms with Gasteiger partial charge in [-0.3, -0.25) is 19.9 Å². The van der Waals surface area contributed by atoms with Gasteiger partial charge in [-0.1, -0.05) is 54.3 Å².